The van der Waals surface area contributed by atoms with Crippen LogP contribution in [0.3, 0.4) is 0 Å². The summed E-state index contributed by atoms with van der Waals surface area (Å²) in [5, 5.41) is 10.4. The fraction of sp³-hybridized carbons (Fsp3) is 0.350. The topological polar surface area (TPSA) is 92.2 Å². The summed E-state index contributed by atoms with van der Waals surface area (Å²) in [7, 11) is 1.30. The van der Waals surface area contributed by atoms with Crippen LogP contribution in [0.25, 0.3) is 10.9 Å². The number of allylic oxidation sites excluding steroid dienone is 1. The van der Waals surface area contributed by atoms with E-state index in [9.17, 15) is 14.9 Å². The Morgan fingerprint density at radius 2 is 2.12 bits per heavy atom. The number of nitriles is 1. The molecular weight excluding hydrogens is 332 g/mol. The molecule has 26 heavy (non-hydrogen) atoms. The molecule has 0 radical (unpaired) electrons. The number of H-pyrrole nitrogens is 1. The molecule has 2 aromatic rings. The van der Waals surface area contributed by atoms with Gasteiger partial charge in [0.05, 0.1) is 13.0 Å². The molecule has 1 saturated carbocycles. The normalized spacial score (nSPS) is 21.9. The van der Waals surface area contributed by atoms with Crippen LogP contribution >= 0.6 is 0 Å². The summed E-state index contributed by atoms with van der Waals surface area (Å²) in [6.07, 6.45) is 3.79. The molecule has 1 aliphatic carbocycles. The third kappa shape index (κ3) is 3.08. The number of esters is 2. The maximum atomic E-state index is 12.6. The molecule has 3 atom stereocenters. The summed E-state index contributed by atoms with van der Waals surface area (Å²) in [4.78, 5) is 27.0. The SMILES string of the molecule is COC(=O)C=C[C@H]1[C@@H](C(=O)OC(C#N)c2cccc3[nH]ccc23)C1(C)C. The maximum absolute atomic E-state index is 12.6. The average molecular weight is 352 g/mol. The minimum atomic E-state index is -0.983. The van der Waals surface area contributed by atoms with Crippen molar-refractivity contribution in [2.75, 3.05) is 7.11 Å². The number of carbonyl (C=O) groups is 2. The standard InChI is InChI=1S/C20H20N2O4/c1-20(2)14(7-8-17(23)25-3)18(20)19(24)26-16(11-21)13-5-4-6-15-12(13)9-10-22-15/h4-10,14,16,18,22H,1-3H3/t14-,16?,18-/m0/s1. The Balaban J connectivity index is 1.76. The highest BCUT2D eigenvalue weighted by molar-refractivity contribution is 5.85. The van der Waals surface area contributed by atoms with Crippen LogP contribution in [0, 0.1) is 28.6 Å². The van der Waals surface area contributed by atoms with Crippen LogP contribution in [0.2, 0.25) is 0 Å². The van der Waals surface area contributed by atoms with Crippen LogP contribution in [0.15, 0.2) is 42.6 Å². The van der Waals surface area contributed by atoms with Crippen molar-refractivity contribution in [2.45, 2.75) is 20.0 Å². The summed E-state index contributed by atoms with van der Waals surface area (Å²) in [5.74, 6) is -1.43. The molecule has 0 spiro atoms. The van der Waals surface area contributed by atoms with Crippen molar-refractivity contribution in [3.05, 3.63) is 48.2 Å². The van der Waals surface area contributed by atoms with Crippen LogP contribution in [-0.2, 0) is 19.1 Å². The monoisotopic (exact) mass is 352 g/mol. The Kier molecular flexibility index (Phi) is 4.56. The van der Waals surface area contributed by atoms with Crippen molar-refractivity contribution in [3.63, 3.8) is 0 Å². The highest BCUT2D eigenvalue weighted by atomic mass is 16.5. The van der Waals surface area contributed by atoms with Crippen molar-refractivity contribution in [1.82, 2.24) is 4.98 Å². The summed E-state index contributed by atoms with van der Waals surface area (Å²) in [6.45, 7) is 3.86. The van der Waals surface area contributed by atoms with E-state index in [0.717, 1.165) is 10.9 Å². The molecule has 6 nitrogen and oxygen atoms in total. The van der Waals surface area contributed by atoms with Gasteiger partial charge in [0, 0.05) is 28.7 Å². The predicted octanol–water partition coefficient (Wildman–Crippen LogP) is 3.28. The first kappa shape index (κ1) is 17.7. The molecule has 1 aromatic carbocycles. The Hall–Kier alpha value is -3.07. The third-order valence-electron chi connectivity index (χ3n) is 5.07. The zero-order valence-electron chi connectivity index (χ0n) is 14.9. The maximum Gasteiger partial charge on any atom is 0.330 e. The van der Waals surface area contributed by atoms with Crippen LogP contribution in [0.1, 0.15) is 25.5 Å². The molecule has 1 N–H and O–H groups in total. The molecule has 6 heteroatoms. The summed E-state index contributed by atoms with van der Waals surface area (Å²) < 4.78 is 10.1. The van der Waals surface area contributed by atoms with Crippen LogP contribution in [0.4, 0.5) is 0 Å². The summed E-state index contributed by atoms with van der Waals surface area (Å²) >= 11 is 0. The van der Waals surface area contributed by atoms with Crippen molar-refractivity contribution < 1.29 is 19.1 Å². The second-order valence-electron chi connectivity index (χ2n) is 6.94. The van der Waals surface area contributed by atoms with Crippen molar-refractivity contribution in [2.24, 2.45) is 17.3 Å². The van der Waals surface area contributed by atoms with Crippen molar-refractivity contribution >= 4 is 22.8 Å². The van der Waals surface area contributed by atoms with Gasteiger partial charge in [-0.25, -0.2) is 4.79 Å². The average Bonchev–Trinajstić information content (AvgIpc) is 2.97. The van der Waals surface area contributed by atoms with E-state index in [4.69, 9.17) is 4.74 Å². The molecule has 1 unspecified atom stereocenters. The number of aromatic amines is 1. The lowest BCUT2D eigenvalue weighted by molar-refractivity contribution is -0.149. The second kappa shape index (κ2) is 6.68. The van der Waals surface area contributed by atoms with E-state index in [1.165, 1.54) is 13.2 Å². The van der Waals surface area contributed by atoms with Gasteiger partial charge in [0.25, 0.3) is 0 Å². The lowest BCUT2D eigenvalue weighted by Crippen LogP contribution is -2.14. The van der Waals surface area contributed by atoms with Gasteiger partial charge in [-0.1, -0.05) is 32.1 Å². The van der Waals surface area contributed by atoms with Crippen LogP contribution in [0.5, 0.6) is 0 Å². The van der Waals surface area contributed by atoms with Gasteiger partial charge < -0.3 is 14.5 Å². The Bertz CT molecular complexity index is 919. The number of carbonyl (C=O) groups excluding carboxylic acids is 2. The molecular formula is C20H20N2O4. The molecule has 1 aromatic heterocycles. The zero-order chi connectivity index (χ0) is 18.9. The number of hydrogen-bond acceptors (Lipinski definition) is 5. The van der Waals surface area contributed by atoms with Gasteiger partial charge in [-0.05, 0) is 23.5 Å². The number of benzene rings is 1. The largest absolute Gasteiger partial charge is 0.466 e. The fourth-order valence-electron chi connectivity index (χ4n) is 3.42. The quantitative estimate of drug-likeness (QED) is 0.658. The molecule has 0 amide bonds. The number of fused-ring (bicyclic) bond motifs is 1. The number of rotatable bonds is 5. The first-order valence-corrected chi connectivity index (χ1v) is 8.32. The minimum Gasteiger partial charge on any atom is -0.466 e. The number of nitrogens with zero attached hydrogens (tertiary/aromatic N) is 1. The highest BCUT2D eigenvalue weighted by Crippen LogP contribution is 2.59. The lowest BCUT2D eigenvalue weighted by atomic mass is 10.1. The van der Waals surface area contributed by atoms with Gasteiger partial charge in [0.1, 0.15) is 6.07 Å². The zero-order valence-corrected chi connectivity index (χ0v) is 14.9. The minimum absolute atomic E-state index is 0.128. The molecule has 0 aliphatic heterocycles. The molecule has 3 rings (SSSR count). The highest BCUT2D eigenvalue weighted by Gasteiger charge is 2.61. The number of hydrogen-bond donors (Lipinski definition) is 1. The number of nitrogens with one attached hydrogen (secondary N) is 1. The Morgan fingerprint density at radius 1 is 1.35 bits per heavy atom. The first-order valence-electron chi connectivity index (χ1n) is 8.32. The second-order valence-corrected chi connectivity index (χ2v) is 6.94. The molecule has 1 aliphatic rings. The van der Waals surface area contributed by atoms with E-state index in [1.807, 2.05) is 32.0 Å². The van der Waals surface area contributed by atoms with Crippen molar-refractivity contribution in [1.29, 1.82) is 5.26 Å². The van der Waals surface area contributed by atoms with Crippen LogP contribution in [-0.4, -0.2) is 24.0 Å². The molecule has 134 valence electrons. The molecule has 1 fully saturated rings. The fourth-order valence-corrected chi connectivity index (χ4v) is 3.42. The molecule has 0 bridgehead atoms. The van der Waals surface area contributed by atoms with Gasteiger partial charge in [0.2, 0.25) is 6.10 Å². The van der Waals surface area contributed by atoms with E-state index >= 15 is 0 Å². The van der Waals surface area contributed by atoms with E-state index in [0.29, 0.717) is 5.56 Å². The smallest absolute Gasteiger partial charge is 0.330 e. The predicted molar refractivity (Wildman–Crippen MR) is 94.7 cm³/mol. The Labute approximate surface area is 151 Å². The lowest BCUT2D eigenvalue weighted by Gasteiger charge is -2.13. The van der Waals surface area contributed by atoms with Gasteiger partial charge in [0.15, 0.2) is 0 Å². The van der Waals surface area contributed by atoms with Gasteiger partial charge in [-0.15, -0.1) is 0 Å². The summed E-state index contributed by atoms with van der Waals surface area (Å²) in [6, 6.07) is 9.41. The van der Waals surface area contributed by atoms with E-state index in [1.54, 1.807) is 18.3 Å². The Morgan fingerprint density at radius 3 is 2.81 bits per heavy atom. The number of aromatic nitrogens is 1. The third-order valence-corrected chi connectivity index (χ3v) is 5.07. The molecule has 0 saturated heterocycles. The van der Waals surface area contributed by atoms with E-state index in [2.05, 4.69) is 15.8 Å². The van der Waals surface area contributed by atoms with Crippen LogP contribution < -0.4 is 0 Å². The molecule has 1 heterocycles. The van der Waals surface area contributed by atoms with Gasteiger partial charge >= 0.3 is 11.9 Å². The summed E-state index contributed by atoms with van der Waals surface area (Å²) in [5.41, 5.74) is 1.20. The number of ether oxygens (including phenoxy) is 2. The van der Waals surface area contributed by atoms with Gasteiger partial charge in [-0.3, -0.25) is 4.79 Å². The number of methoxy groups -OCH3 is 1. The van der Waals surface area contributed by atoms with E-state index < -0.39 is 24.0 Å². The van der Waals surface area contributed by atoms with Crippen molar-refractivity contribution in [3.8, 4) is 6.07 Å². The first-order chi connectivity index (χ1) is 12.4. The van der Waals surface area contributed by atoms with E-state index in [-0.39, 0.29) is 11.3 Å². The van der Waals surface area contributed by atoms with Gasteiger partial charge in [-0.2, -0.15) is 5.26 Å².